The van der Waals surface area contributed by atoms with Crippen molar-refractivity contribution in [1.82, 2.24) is 20.1 Å². The zero-order chi connectivity index (χ0) is 12.3. The van der Waals surface area contributed by atoms with Crippen LogP contribution in [0.1, 0.15) is 15.9 Å². The summed E-state index contributed by atoms with van der Waals surface area (Å²) in [5, 5.41) is 6.79. The van der Waals surface area contributed by atoms with Crippen LogP contribution in [-0.4, -0.2) is 20.7 Å². The topological polar surface area (TPSA) is 85.8 Å². The van der Waals surface area contributed by atoms with Gasteiger partial charge in [0.05, 0.1) is 11.8 Å². The Labute approximate surface area is 98.5 Å². The van der Waals surface area contributed by atoms with Crippen molar-refractivity contribution >= 4 is 11.7 Å². The molecule has 0 fully saturated rings. The van der Waals surface area contributed by atoms with Crippen LogP contribution in [-0.2, 0) is 13.6 Å². The third kappa shape index (κ3) is 2.81. The molecule has 17 heavy (non-hydrogen) atoms. The van der Waals surface area contributed by atoms with E-state index in [0.717, 1.165) is 5.56 Å². The Balaban J connectivity index is 1.95. The van der Waals surface area contributed by atoms with Crippen molar-refractivity contribution < 1.29 is 4.79 Å². The second kappa shape index (κ2) is 4.65. The molecule has 2 heterocycles. The number of anilines is 1. The Morgan fingerprint density at radius 2 is 2.29 bits per heavy atom. The number of hydrogen-bond acceptors (Lipinski definition) is 4. The van der Waals surface area contributed by atoms with Crippen molar-refractivity contribution in [2.24, 2.45) is 7.05 Å². The molecule has 0 radical (unpaired) electrons. The maximum atomic E-state index is 11.7. The van der Waals surface area contributed by atoms with Crippen LogP contribution in [0, 0.1) is 0 Å². The molecule has 3 N–H and O–H groups in total. The molecule has 0 aromatic carbocycles. The van der Waals surface area contributed by atoms with Crippen molar-refractivity contribution in [2.45, 2.75) is 6.54 Å². The van der Waals surface area contributed by atoms with Crippen LogP contribution >= 0.6 is 0 Å². The largest absolute Gasteiger partial charge is 0.384 e. The fraction of sp³-hybridized carbons (Fsp3) is 0.182. The molecule has 1 amide bonds. The highest BCUT2D eigenvalue weighted by atomic mass is 16.1. The molecule has 0 aliphatic heterocycles. The molecule has 2 rings (SSSR count). The van der Waals surface area contributed by atoms with Crippen molar-refractivity contribution in [3.63, 3.8) is 0 Å². The molecule has 0 bridgehead atoms. The standard InChI is InChI=1S/C11H13N5O/c1-16-7-8(5-15-16)4-14-11(17)9-2-3-10(12)13-6-9/h2-3,5-7H,4H2,1H3,(H2,12,13)(H,14,17). The van der Waals surface area contributed by atoms with Gasteiger partial charge in [0.1, 0.15) is 5.82 Å². The van der Waals surface area contributed by atoms with E-state index in [1.807, 2.05) is 13.2 Å². The van der Waals surface area contributed by atoms with Crippen LogP contribution in [0.2, 0.25) is 0 Å². The van der Waals surface area contributed by atoms with Gasteiger partial charge in [-0.25, -0.2) is 4.98 Å². The quantitative estimate of drug-likeness (QED) is 0.797. The van der Waals surface area contributed by atoms with Crippen molar-refractivity contribution in [3.05, 3.63) is 41.9 Å². The summed E-state index contributed by atoms with van der Waals surface area (Å²) in [4.78, 5) is 15.6. The minimum absolute atomic E-state index is 0.179. The predicted molar refractivity (Wildman–Crippen MR) is 63.0 cm³/mol. The lowest BCUT2D eigenvalue weighted by molar-refractivity contribution is 0.0950. The van der Waals surface area contributed by atoms with Crippen LogP contribution < -0.4 is 11.1 Å². The average molecular weight is 231 g/mol. The Morgan fingerprint density at radius 1 is 1.47 bits per heavy atom. The molecule has 0 saturated heterocycles. The molecular formula is C11H13N5O. The third-order valence-electron chi connectivity index (χ3n) is 2.26. The highest BCUT2D eigenvalue weighted by Crippen LogP contribution is 2.02. The zero-order valence-corrected chi connectivity index (χ0v) is 9.42. The number of hydrogen-bond donors (Lipinski definition) is 2. The Hall–Kier alpha value is -2.37. The van der Waals surface area contributed by atoms with Gasteiger partial charge >= 0.3 is 0 Å². The van der Waals surface area contributed by atoms with Crippen molar-refractivity contribution in [1.29, 1.82) is 0 Å². The number of aromatic nitrogens is 3. The van der Waals surface area contributed by atoms with Gasteiger partial charge in [-0.3, -0.25) is 9.48 Å². The van der Waals surface area contributed by atoms with E-state index in [0.29, 0.717) is 17.9 Å². The summed E-state index contributed by atoms with van der Waals surface area (Å²) < 4.78 is 1.69. The molecule has 2 aromatic heterocycles. The molecule has 6 heteroatoms. The summed E-state index contributed by atoms with van der Waals surface area (Å²) in [6.07, 6.45) is 5.01. The number of amides is 1. The molecule has 88 valence electrons. The first-order valence-electron chi connectivity index (χ1n) is 5.12. The lowest BCUT2D eigenvalue weighted by Gasteiger charge is -2.03. The van der Waals surface area contributed by atoms with E-state index in [-0.39, 0.29) is 5.91 Å². The molecular weight excluding hydrogens is 218 g/mol. The first kappa shape index (κ1) is 11.1. The highest BCUT2D eigenvalue weighted by molar-refractivity contribution is 5.93. The van der Waals surface area contributed by atoms with Gasteiger partial charge in [-0.2, -0.15) is 5.10 Å². The number of carbonyl (C=O) groups is 1. The number of nitrogens with two attached hydrogens (primary N) is 1. The summed E-state index contributed by atoms with van der Waals surface area (Å²) in [6.45, 7) is 0.442. The van der Waals surface area contributed by atoms with E-state index in [4.69, 9.17) is 5.73 Å². The SMILES string of the molecule is Cn1cc(CNC(=O)c2ccc(N)nc2)cn1. The van der Waals surface area contributed by atoms with Gasteiger partial charge < -0.3 is 11.1 Å². The van der Waals surface area contributed by atoms with E-state index in [9.17, 15) is 4.79 Å². The number of aryl methyl sites for hydroxylation is 1. The van der Waals surface area contributed by atoms with Gasteiger partial charge in [0.15, 0.2) is 0 Å². The van der Waals surface area contributed by atoms with Gasteiger partial charge in [0, 0.05) is 31.5 Å². The van der Waals surface area contributed by atoms with Crippen molar-refractivity contribution in [2.75, 3.05) is 5.73 Å². The summed E-state index contributed by atoms with van der Waals surface area (Å²) in [5.74, 6) is 0.218. The second-order valence-corrected chi connectivity index (χ2v) is 3.68. The van der Waals surface area contributed by atoms with E-state index in [1.165, 1.54) is 6.20 Å². The monoisotopic (exact) mass is 231 g/mol. The lowest BCUT2D eigenvalue weighted by Crippen LogP contribution is -2.22. The van der Waals surface area contributed by atoms with Crippen LogP contribution in [0.5, 0.6) is 0 Å². The zero-order valence-electron chi connectivity index (χ0n) is 9.42. The van der Waals surface area contributed by atoms with E-state index in [2.05, 4.69) is 15.4 Å². The number of nitrogens with one attached hydrogen (secondary N) is 1. The molecule has 0 aliphatic rings. The molecule has 0 atom stereocenters. The predicted octanol–water partition coefficient (Wildman–Crippen LogP) is 0.327. The molecule has 6 nitrogen and oxygen atoms in total. The Bertz CT molecular complexity index is 517. The first-order valence-corrected chi connectivity index (χ1v) is 5.12. The average Bonchev–Trinajstić information content (AvgIpc) is 2.73. The number of pyridine rings is 1. The molecule has 0 saturated carbocycles. The Morgan fingerprint density at radius 3 is 2.88 bits per heavy atom. The summed E-state index contributed by atoms with van der Waals surface area (Å²) in [7, 11) is 1.83. The van der Waals surface area contributed by atoms with E-state index < -0.39 is 0 Å². The number of nitrogen functional groups attached to an aromatic ring is 1. The van der Waals surface area contributed by atoms with E-state index in [1.54, 1.807) is 23.0 Å². The van der Waals surface area contributed by atoms with Gasteiger partial charge in [0.25, 0.3) is 5.91 Å². The Kier molecular flexibility index (Phi) is 3.04. The summed E-state index contributed by atoms with van der Waals surface area (Å²) >= 11 is 0. The van der Waals surface area contributed by atoms with Gasteiger partial charge in [-0.15, -0.1) is 0 Å². The van der Waals surface area contributed by atoms with Gasteiger partial charge in [-0.05, 0) is 12.1 Å². The first-order chi connectivity index (χ1) is 8.15. The van der Waals surface area contributed by atoms with Gasteiger partial charge in [-0.1, -0.05) is 0 Å². The number of carbonyl (C=O) groups excluding carboxylic acids is 1. The normalized spacial score (nSPS) is 10.2. The number of rotatable bonds is 3. The fourth-order valence-electron chi connectivity index (χ4n) is 1.39. The highest BCUT2D eigenvalue weighted by Gasteiger charge is 2.05. The molecule has 0 unspecified atom stereocenters. The molecule has 0 aliphatic carbocycles. The van der Waals surface area contributed by atoms with Gasteiger partial charge in [0.2, 0.25) is 0 Å². The minimum atomic E-state index is -0.179. The van der Waals surface area contributed by atoms with Crippen LogP contribution in [0.15, 0.2) is 30.7 Å². The lowest BCUT2D eigenvalue weighted by atomic mass is 10.2. The van der Waals surface area contributed by atoms with Crippen LogP contribution in [0.25, 0.3) is 0 Å². The molecule has 0 spiro atoms. The van der Waals surface area contributed by atoms with Crippen LogP contribution in [0.4, 0.5) is 5.82 Å². The fourth-order valence-corrected chi connectivity index (χ4v) is 1.39. The molecule has 2 aromatic rings. The van der Waals surface area contributed by atoms with Crippen LogP contribution in [0.3, 0.4) is 0 Å². The third-order valence-corrected chi connectivity index (χ3v) is 2.26. The summed E-state index contributed by atoms with van der Waals surface area (Å²) in [5.41, 5.74) is 6.88. The second-order valence-electron chi connectivity index (χ2n) is 3.68. The summed E-state index contributed by atoms with van der Waals surface area (Å²) in [6, 6.07) is 3.24. The van der Waals surface area contributed by atoms with Crippen molar-refractivity contribution in [3.8, 4) is 0 Å². The minimum Gasteiger partial charge on any atom is -0.384 e. The number of nitrogens with zero attached hydrogens (tertiary/aromatic N) is 3. The maximum Gasteiger partial charge on any atom is 0.253 e. The smallest absolute Gasteiger partial charge is 0.253 e. The van der Waals surface area contributed by atoms with E-state index >= 15 is 0 Å². The maximum absolute atomic E-state index is 11.7.